The van der Waals surface area contributed by atoms with E-state index in [9.17, 15) is 18.4 Å². The van der Waals surface area contributed by atoms with Crippen LogP contribution in [0.15, 0.2) is 54.0 Å². The lowest BCUT2D eigenvalue weighted by molar-refractivity contribution is -0.136. The highest BCUT2D eigenvalue weighted by atomic mass is 35.5. The van der Waals surface area contributed by atoms with E-state index in [4.69, 9.17) is 23.2 Å². The highest BCUT2D eigenvalue weighted by molar-refractivity contribution is 7.11. The van der Waals surface area contributed by atoms with Crippen molar-refractivity contribution < 1.29 is 13.2 Å². The number of para-hydroxylation sites is 1. The Balaban J connectivity index is 1.90. The molecule has 142 valence electrons. The topological polar surface area (TPSA) is 48.7 Å². The number of anilines is 1. The summed E-state index contributed by atoms with van der Waals surface area (Å²) < 4.78 is 39.2. The van der Waals surface area contributed by atoms with E-state index >= 15 is 0 Å². The Labute approximate surface area is 172 Å². The molecule has 0 radical (unpaired) electrons. The molecule has 1 heterocycles. The zero-order chi connectivity index (χ0) is 20.3. The van der Waals surface area contributed by atoms with Gasteiger partial charge in [-0.05, 0) is 30.3 Å². The fourth-order valence-electron chi connectivity index (χ4n) is 2.37. The summed E-state index contributed by atoms with van der Waals surface area (Å²) in [4.78, 5) is 4.36. The Morgan fingerprint density at radius 1 is 1.18 bits per heavy atom. The van der Waals surface area contributed by atoms with Gasteiger partial charge in [-0.25, -0.2) is 4.98 Å². The van der Waals surface area contributed by atoms with Crippen LogP contribution in [0.1, 0.15) is 10.6 Å². The first-order chi connectivity index (χ1) is 13.3. The molecule has 3 rings (SSSR count). The lowest BCUT2D eigenvalue weighted by Gasteiger charge is -2.12. The van der Waals surface area contributed by atoms with Crippen molar-refractivity contribution in [3.05, 3.63) is 74.7 Å². The van der Waals surface area contributed by atoms with Gasteiger partial charge in [0.2, 0.25) is 0 Å². The number of hydrogen-bond donors (Lipinski definition) is 1. The summed E-state index contributed by atoms with van der Waals surface area (Å²) in [5.74, 6) is 0. The van der Waals surface area contributed by atoms with Crippen LogP contribution in [0.3, 0.4) is 0 Å². The van der Waals surface area contributed by atoms with Gasteiger partial charge >= 0.3 is 6.18 Å². The molecule has 0 aliphatic rings. The first-order valence-corrected chi connectivity index (χ1v) is 9.37. The number of nitriles is 1. The van der Waals surface area contributed by atoms with E-state index in [0.29, 0.717) is 26.3 Å². The molecule has 0 unspecified atom stereocenters. The second-order valence-electron chi connectivity index (χ2n) is 5.52. The highest BCUT2D eigenvalue weighted by Crippen LogP contribution is 2.35. The van der Waals surface area contributed by atoms with Crippen LogP contribution in [-0.4, -0.2) is 4.98 Å². The number of thiazole rings is 1. The van der Waals surface area contributed by atoms with Crippen LogP contribution in [0.4, 0.5) is 18.9 Å². The van der Waals surface area contributed by atoms with Gasteiger partial charge in [-0.3, -0.25) is 0 Å². The van der Waals surface area contributed by atoms with Gasteiger partial charge in [-0.2, -0.15) is 18.4 Å². The number of benzene rings is 2. The predicted molar refractivity (Wildman–Crippen MR) is 106 cm³/mol. The predicted octanol–water partition coefficient (Wildman–Crippen LogP) is 7.11. The Morgan fingerprint density at radius 2 is 1.93 bits per heavy atom. The van der Waals surface area contributed by atoms with Crippen LogP contribution in [0, 0.1) is 11.3 Å². The summed E-state index contributed by atoms with van der Waals surface area (Å²) in [7, 11) is 0. The van der Waals surface area contributed by atoms with Crippen molar-refractivity contribution in [2.45, 2.75) is 6.18 Å². The van der Waals surface area contributed by atoms with E-state index in [1.165, 1.54) is 35.7 Å². The number of halogens is 5. The molecule has 0 aliphatic carbocycles. The first kappa shape index (κ1) is 20.2. The van der Waals surface area contributed by atoms with Crippen LogP contribution in [-0.2, 0) is 6.18 Å². The molecule has 2 aromatic carbocycles. The molecule has 1 N–H and O–H groups in total. The number of rotatable bonds is 4. The molecule has 0 bridgehead atoms. The van der Waals surface area contributed by atoms with Crippen LogP contribution in [0.25, 0.3) is 16.8 Å². The Hall–Kier alpha value is -2.53. The van der Waals surface area contributed by atoms with Gasteiger partial charge in [-0.1, -0.05) is 35.3 Å². The Kier molecular flexibility index (Phi) is 5.94. The lowest BCUT2D eigenvalue weighted by Crippen LogP contribution is -2.08. The number of alkyl halides is 3. The smallest absolute Gasteiger partial charge is 0.360 e. The molecule has 0 saturated heterocycles. The molecule has 9 heteroatoms. The molecule has 0 fully saturated rings. The fraction of sp³-hybridized carbons (Fsp3) is 0.0526. The third-order valence-electron chi connectivity index (χ3n) is 3.67. The minimum absolute atomic E-state index is 0.0957. The van der Waals surface area contributed by atoms with E-state index in [-0.39, 0.29) is 11.3 Å². The zero-order valence-electron chi connectivity index (χ0n) is 13.9. The number of hydrogen-bond acceptors (Lipinski definition) is 4. The van der Waals surface area contributed by atoms with Crippen LogP contribution >= 0.6 is 34.5 Å². The van der Waals surface area contributed by atoms with Gasteiger partial charge < -0.3 is 5.32 Å². The minimum Gasteiger partial charge on any atom is -0.360 e. The molecule has 0 saturated carbocycles. The van der Waals surface area contributed by atoms with Gasteiger partial charge in [-0.15, -0.1) is 11.3 Å². The number of aromatic nitrogens is 1. The maximum Gasteiger partial charge on any atom is 0.418 e. The molecule has 0 spiro atoms. The van der Waals surface area contributed by atoms with Crippen molar-refractivity contribution in [2.24, 2.45) is 0 Å². The molecule has 3 nitrogen and oxygen atoms in total. The largest absolute Gasteiger partial charge is 0.418 e. The Morgan fingerprint density at radius 3 is 2.61 bits per heavy atom. The Bertz CT molecular complexity index is 1080. The van der Waals surface area contributed by atoms with Crippen molar-refractivity contribution >= 4 is 45.8 Å². The summed E-state index contributed by atoms with van der Waals surface area (Å²) in [6.45, 7) is 0. The van der Waals surface area contributed by atoms with E-state index in [0.717, 1.165) is 6.07 Å². The highest BCUT2D eigenvalue weighted by Gasteiger charge is 2.33. The van der Waals surface area contributed by atoms with E-state index in [1.54, 1.807) is 23.6 Å². The van der Waals surface area contributed by atoms with Gasteiger partial charge in [0.25, 0.3) is 0 Å². The minimum atomic E-state index is -4.51. The molecular formula is C19H10Cl2F3N3S. The van der Waals surface area contributed by atoms with Gasteiger partial charge in [0.05, 0.1) is 22.0 Å². The standard InChI is InChI=1S/C19H10Cl2F3N3S/c20-12-5-6-13(15(21)7-12)17-10-28-18(27-17)11(8-25)9-26-16-4-2-1-3-14(16)19(22,23)24/h1-7,9-10,26H/b11-9-. The average molecular weight is 440 g/mol. The van der Waals surface area contributed by atoms with Crippen molar-refractivity contribution in [1.82, 2.24) is 4.98 Å². The molecule has 0 atom stereocenters. The molecule has 3 aromatic rings. The third kappa shape index (κ3) is 4.47. The van der Waals surface area contributed by atoms with Crippen LogP contribution in [0.5, 0.6) is 0 Å². The summed E-state index contributed by atoms with van der Waals surface area (Å²) >= 11 is 13.2. The second kappa shape index (κ2) is 8.23. The summed E-state index contributed by atoms with van der Waals surface area (Å²) in [6.07, 6.45) is -3.30. The van der Waals surface area contributed by atoms with E-state index < -0.39 is 11.7 Å². The summed E-state index contributed by atoms with van der Waals surface area (Å²) in [5, 5.41) is 14.9. The number of allylic oxidation sites excluding steroid dienone is 1. The van der Waals surface area contributed by atoms with E-state index in [1.807, 2.05) is 6.07 Å². The maximum absolute atomic E-state index is 13.1. The average Bonchev–Trinajstić information content (AvgIpc) is 3.11. The fourth-order valence-corrected chi connectivity index (χ4v) is 3.66. The number of nitrogens with one attached hydrogen (secondary N) is 1. The summed E-state index contributed by atoms with van der Waals surface area (Å²) in [6, 6.07) is 11.9. The van der Waals surface area contributed by atoms with Crippen molar-refractivity contribution in [3.63, 3.8) is 0 Å². The van der Waals surface area contributed by atoms with Crippen LogP contribution in [0.2, 0.25) is 10.0 Å². The number of nitrogens with zero attached hydrogens (tertiary/aromatic N) is 2. The van der Waals surface area contributed by atoms with Crippen LogP contribution < -0.4 is 5.32 Å². The maximum atomic E-state index is 13.1. The monoisotopic (exact) mass is 439 g/mol. The van der Waals surface area contributed by atoms with Gasteiger partial charge in [0.15, 0.2) is 0 Å². The van der Waals surface area contributed by atoms with Crippen molar-refractivity contribution in [2.75, 3.05) is 5.32 Å². The third-order valence-corrected chi connectivity index (χ3v) is 5.09. The zero-order valence-corrected chi connectivity index (χ0v) is 16.2. The summed E-state index contributed by atoms with van der Waals surface area (Å²) in [5.41, 5.74) is 0.301. The quantitative estimate of drug-likeness (QED) is 0.440. The normalized spacial score (nSPS) is 11.9. The van der Waals surface area contributed by atoms with Gasteiger partial charge in [0, 0.05) is 22.2 Å². The van der Waals surface area contributed by atoms with E-state index in [2.05, 4.69) is 10.3 Å². The molecular weight excluding hydrogens is 430 g/mol. The molecule has 0 amide bonds. The first-order valence-electron chi connectivity index (χ1n) is 7.74. The van der Waals surface area contributed by atoms with Crippen molar-refractivity contribution in [1.29, 1.82) is 5.26 Å². The second-order valence-corrected chi connectivity index (χ2v) is 7.22. The lowest BCUT2D eigenvalue weighted by atomic mass is 10.1. The SMILES string of the molecule is N#C/C(=C/Nc1ccccc1C(F)(F)F)c1nc(-c2ccc(Cl)cc2Cl)cs1. The molecule has 1 aromatic heterocycles. The van der Waals surface area contributed by atoms with Gasteiger partial charge in [0.1, 0.15) is 16.6 Å². The van der Waals surface area contributed by atoms with Crippen molar-refractivity contribution in [3.8, 4) is 17.3 Å². The molecule has 0 aliphatic heterocycles. The molecule has 28 heavy (non-hydrogen) atoms.